The molecule has 7 heteroatoms. The number of methoxy groups -OCH3 is 1. The van der Waals surface area contributed by atoms with E-state index in [0.717, 1.165) is 0 Å². The molecule has 0 unspecified atom stereocenters. The molecule has 0 heterocycles. The summed E-state index contributed by atoms with van der Waals surface area (Å²) in [5.74, 6) is -0.354. The normalized spacial score (nSPS) is 10.3. The van der Waals surface area contributed by atoms with Crippen LogP contribution in [0.25, 0.3) is 0 Å². The molecule has 1 amide bonds. The lowest BCUT2D eigenvalue weighted by Gasteiger charge is -2.12. The Morgan fingerprint density at radius 2 is 1.86 bits per heavy atom. The fourth-order valence-corrected chi connectivity index (χ4v) is 2.35. The monoisotopic (exact) mass is 345 g/mol. The number of phenols is 1. The lowest BCUT2D eigenvalue weighted by atomic mass is 10.2. The van der Waals surface area contributed by atoms with E-state index < -0.39 is 5.91 Å². The van der Waals surface area contributed by atoms with Crippen molar-refractivity contribution < 1.29 is 14.6 Å². The molecule has 0 aliphatic carbocycles. The number of amides is 1. The Hall–Kier alpha value is -1.62. The number of rotatable bonds is 3. The van der Waals surface area contributed by atoms with Gasteiger partial charge in [0, 0.05) is 0 Å². The van der Waals surface area contributed by atoms with Crippen LogP contribution in [0.1, 0.15) is 10.4 Å². The molecule has 2 aromatic rings. The van der Waals surface area contributed by atoms with E-state index in [1.807, 2.05) is 0 Å². The quantitative estimate of drug-likeness (QED) is 0.630. The van der Waals surface area contributed by atoms with Gasteiger partial charge in [-0.25, -0.2) is 0 Å². The highest BCUT2D eigenvalue weighted by molar-refractivity contribution is 6.46. The van der Waals surface area contributed by atoms with Crippen LogP contribution in [0.2, 0.25) is 15.1 Å². The number of para-hydroxylation sites is 1. The number of anilines is 1. The Balaban J connectivity index is 2.37. The largest absolute Gasteiger partial charge is 0.505 e. The van der Waals surface area contributed by atoms with Crippen molar-refractivity contribution in [2.24, 2.45) is 0 Å². The average molecular weight is 347 g/mol. The minimum Gasteiger partial charge on any atom is -0.505 e. The zero-order valence-electron chi connectivity index (χ0n) is 10.8. The highest BCUT2D eigenvalue weighted by Gasteiger charge is 2.18. The van der Waals surface area contributed by atoms with E-state index >= 15 is 0 Å². The van der Waals surface area contributed by atoms with Crippen LogP contribution in [0.15, 0.2) is 30.3 Å². The number of nitrogens with one attached hydrogen (secondary N) is 1. The number of benzene rings is 2. The molecule has 2 aromatic carbocycles. The maximum atomic E-state index is 12.3. The van der Waals surface area contributed by atoms with Gasteiger partial charge in [0.05, 0.1) is 28.4 Å². The molecule has 0 saturated heterocycles. The number of carbonyl (C=O) groups is 1. The zero-order valence-corrected chi connectivity index (χ0v) is 13.1. The van der Waals surface area contributed by atoms with Gasteiger partial charge in [-0.3, -0.25) is 4.79 Å². The van der Waals surface area contributed by atoms with E-state index in [-0.39, 0.29) is 26.5 Å². The molecular weight excluding hydrogens is 337 g/mol. The first kappa shape index (κ1) is 15.8. The predicted molar refractivity (Wildman–Crippen MR) is 84.1 cm³/mol. The first-order valence-corrected chi connectivity index (χ1v) is 6.90. The third-order valence-electron chi connectivity index (χ3n) is 2.73. The van der Waals surface area contributed by atoms with Crippen LogP contribution in [-0.2, 0) is 0 Å². The summed E-state index contributed by atoms with van der Waals surface area (Å²) in [6, 6.07) is 8.03. The van der Waals surface area contributed by atoms with Crippen molar-refractivity contribution in [2.75, 3.05) is 12.4 Å². The Morgan fingerprint density at radius 1 is 1.19 bits per heavy atom. The molecule has 0 spiro atoms. The van der Waals surface area contributed by atoms with Crippen LogP contribution < -0.4 is 10.1 Å². The second kappa shape index (κ2) is 6.43. The van der Waals surface area contributed by atoms with Gasteiger partial charge in [0.2, 0.25) is 0 Å². The zero-order chi connectivity index (χ0) is 15.6. The van der Waals surface area contributed by atoms with Gasteiger partial charge in [-0.05, 0) is 18.2 Å². The molecule has 0 saturated carbocycles. The molecule has 0 aromatic heterocycles. The molecule has 0 fully saturated rings. The first-order valence-electron chi connectivity index (χ1n) is 5.76. The number of hydrogen-bond acceptors (Lipinski definition) is 3. The summed E-state index contributed by atoms with van der Waals surface area (Å²) < 4.78 is 5.12. The number of aromatic hydroxyl groups is 1. The summed E-state index contributed by atoms with van der Waals surface area (Å²) in [5.41, 5.74) is 0.525. The van der Waals surface area contributed by atoms with Gasteiger partial charge in [0.25, 0.3) is 5.91 Å². The second-order valence-electron chi connectivity index (χ2n) is 4.04. The Bertz CT molecular complexity index is 704. The summed E-state index contributed by atoms with van der Waals surface area (Å²) in [6.07, 6.45) is 0. The topological polar surface area (TPSA) is 58.6 Å². The van der Waals surface area contributed by atoms with Gasteiger partial charge >= 0.3 is 0 Å². The van der Waals surface area contributed by atoms with Gasteiger partial charge in [-0.15, -0.1) is 0 Å². The maximum absolute atomic E-state index is 12.3. The van der Waals surface area contributed by atoms with E-state index in [1.165, 1.54) is 13.2 Å². The van der Waals surface area contributed by atoms with E-state index in [0.29, 0.717) is 11.3 Å². The summed E-state index contributed by atoms with van der Waals surface area (Å²) in [7, 11) is 1.47. The Morgan fingerprint density at radius 3 is 2.52 bits per heavy atom. The first-order chi connectivity index (χ1) is 9.95. The number of phenolic OH excluding ortho intramolecular Hbond substituents is 1. The van der Waals surface area contributed by atoms with E-state index in [1.54, 1.807) is 24.3 Å². The van der Waals surface area contributed by atoms with Crippen LogP contribution in [0, 0.1) is 0 Å². The van der Waals surface area contributed by atoms with Gasteiger partial charge in [-0.2, -0.15) is 0 Å². The number of carbonyl (C=O) groups excluding carboxylic acids is 1. The van der Waals surface area contributed by atoms with Crippen LogP contribution >= 0.6 is 34.8 Å². The molecule has 0 radical (unpaired) electrons. The van der Waals surface area contributed by atoms with Crippen molar-refractivity contribution >= 4 is 46.4 Å². The Labute approximate surface area is 136 Å². The van der Waals surface area contributed by atoms with E-state index in [4.69, 9.17) is 39.5 Å². The molecule has 0 bridgehead atoms. The predicted octanol–water partition coefficient (Wildman–Crippen LogP) is 4.61. The Kier molecular flexibility index (Phi) is 4.83. The van der Waals surface area contributed by atoms with Crippen LogP contribution in [0.5, 0.6) is 11.5 Å². The highest BCUT2D eigenvalue weighted by Crippen LogP contribution is 2.42. The minimum absolute atomic E-state index is 0.00168. The SMILES string of the molecule is COc1ccccc1C(=O)Nc1cc(Cl)c(O)c(Cl)c1Cl. The summed E-state index contributed by atoms with van der Waals surface area (Å²) in [4.78, 5) is 12.3. The third kappa shape index (κ3) is 3.18. The van der Waals surface area contributed by atoms with Gasteiger partial charge in [-0.1, -0.05) is 46.9 Å². The molecule has 2 rings (SSSR count). The molecular formula is C14H10Cl3NO3. The fraction of sp³-hybridized carbons (Fsp3) is 0.0714. The smallest absolute Gasteiger partial charge is 0.259 e. The fourth-order valence-electron chi connectivity index (χ4n) is 1.70. The summed E-state index contributed by atoms with van der Waals surface area (Å²) in [5, 5.41) is 12.0. The summed E-state index contributed by atoms with van der Waals surface area (Å²) in [6.45, 7) is 0. The van der Waals surface area contributed by atoms with Crippen LogP contribution in [0.4, 0.5) is 5.69 Å². The molecule has 2 N–H and O–H groups in total. The number of ether oxygens (including phenoxy) is 1. The minimum atomic E-state index is -0.438. The van der Waals surface area contributed by atoms with Crippen molar-refractivity contribution in [1.82, 2.24) is 0 Å². The maximum Gasteiger partial charge on any atom is 0.259 e. The number of halogens is 3. The van der Waals surface area contributed by atoms with Gasteiger partial charge < -0.3 is 15.2 Å². The van der Waals surface area contributed by atoms with Crippen molar-refractivity contribution in [3.8, 4) is 11.5 Å². The molecule has 0 aliphatic rings. The lowest BCUT2D eigenvalue weighted by molar-refractivity contribution is 0.102. The van der Waals surface area contributed by atoms with Crippen LogP contribution in [0.3, 0.4) is 0 Å². The molecule has 0 atom stereocenters. The molecule has 4 nitrogen and oxygen atoms in total. The van der Waals surface area contributed by atoms with Gasteiger partial charge in [0.15, 0.2) is 5.75 Å². The highest BCUT2D eigenvalue weighted by atomic mass is 35.5. The van der Waals surface area contributed by atoms with Crippen molar-refractivity contribution in [3.05, 3.63) is 51.0 Å². The van der Waals surface area contributed by atoms with Crippen molar-refractivity contribution in [1.29, 1.82) is 0 Å². The van der Waals surface area contributed by atoms with E-state index in [9.17, 15) is 9.90 Å². The van der Waals surface area contributed by atoms with Crippen LogP contribution in [-0.4, -0.2) is 18.1 Å². The molecule has 110 valence electrons. The number of hydrogen-bond donors (Lipinski definition) is 2. The van der Waals surface area contributed by atoms with Crippen molar-refractivity contribution in [3.63, 3.8) is 0 Å². The summed E-state index contributed by atoms with van der Waals surface area (Å²) >= 11 is 17.6. The molecule has 0 aliphatic heterocycles. The average Bonchev–Trinajstić information content (AvgIpc) is 2.50. The van der Waals surface area contributed by atoms with Crippen molar-refractivity contribution in [2.45, 2.75) is 0 Å². The molecule has 21 heavy (non-hydrogen) atoms. The standard InChI is InChI=1S/C14H10Cl3NO3/c1-21-10-5-3-2-4-7(10)14(20)18-9-6-8(15)13(19)12(17)11(9)16/h2-6,19H,1H3,(H,18,20). The van der Waals surface area contributed by atoms with E-state index in [2.05, 4.69) is 5.32 Å². The lowest BCUT2D eigenvalue weighted by Crippen LogP contribution is -2.13. The second-order valence-corrected chi connectivity index (χ2v) is 5.20. The van der Waals surface area contributed by atoms with Gasteiger partial charge in [0.1, 0.15) is 10.8 Å². The third-order valence-corrected chi connectivity index (χ3v) is 3.88.